The molecule has 1 N–H and O–H groups in total. The minimum atomic E-state index is 0.00542. The summed E-state index contributed by atoms with van der Waals surface area (Å²) in [7, 11) is 0. The maximum absolute atomic E-state index is 9.35. The predicted octanol–water partition coefficient (Wildman–Crippen LogP) is 4.50. The number of anilines is 1. The number of aromatic nitrogens is 1. The average molecular weight is 396 g/mol. The van der Waals surface area contributed by atoms with Gasteiger partial charge in [-0.05, 0) is 23.8 Å². The van der Waals surface area contributed by atoms with Crippen LogP contribution in [0, 0.1) is 0 Å². The second-order valence-corrected chi connectivity index (χ2v) is 6.69. The highest BCUT2D eigenvalue weighted by Crippen LogP contribution is 2.31. The Morgan fingerprint density at radius 3 is 3.00 bits per heavy atom. The molecule has 1 aliphatic heterocycles. The van der Waals surface area contributed by atoms with Crippen molar-refractivity contribution in [1.82, 2.24) is 4.98 Å². The number of rotatable bonds is 4. The summed E-state index contributed by atoms with van der Waals surface area (Å²) in [6.45, 7) is 5.52. The molecular weight excluding hydrogens is 380 g/mol. The van der Waals surface area contributed by atoms with Crippen molar-refractivity contribution in [3.8, 4) is 11.6 Å². The van der Waals surface area contributed by atoms with E-state index < -0.39 is 0 Å². The molecule has 0 spiro atoms. The molecule has 0 aliphatic carbocycles. The second-order valence-electron chi connectivity index (χ2n) is 5.36. The van der Waals surface area contributed by atoms with Gasteiger partial charge in [0.1, 0.15) is 16.9 Å². The van der Waals surface area contributed by atoms with Crippen molar-refractivity contribution in [3.05, 3.63) is 52.1 Å². The molecule has 0 saturated carbocycles. The first-order valence-electron chi connectivity index (χ1n) is 7.25. The first-order chi connectivity index (χ1) is 11.1. The monoisotopic (exact) mass is 394 g/mol. The summed E-state index contributed by atoms with van der Waals surface area (Å²) in [6.07, 6.45) is 4.07. The van der Waals surface area contributed by atoms with E-state index in [-0.39, 0.29) is 11.9 Å². The highest BCUT2D eigenvalue weighted by atomic mass is 79.9. The van der Waals surface area contributed by atoms with Gasteiger partial charge in [0.25, 0.3) is 0 Å². The van der Waals surface area contributed by atoms with Crippen molar-refractivity contribution in [2.24, 2.45) is 0 Å². The average Bonchev–Trinajstić information content (AvgIpc) is 2.98. The molecule has 2 aromatic rings. The number of hydrogen-bond donors (Lipinski definition) is 1. The lowest BCUT2D eigenvalue weighted by molar-refractivity contribution is 0.215. The molecule has 0 amide bonds. The third-order valence-electron chi connectivity index (χ3n) is 3.77. The molecule has 23 heavy (non-hydrogen) atoms. The van der Waals surface area contributed by atoms with Crippen molar-refractivity contribution in [2.75, 3.05) is 18.0 Å². The summed E-state index contributed by atoms with van der Waals surface area (Å²) in [5.41, 5.74) is 2.22. The van der Waals surface area contributed by atoms with E-state index in [1.54, 1.807) is 0 Å². The minimum Gasteiger partial charge on any atom is -0.506 e. The molecule has 1 aromatic carbocycles. The van der Waals surface area contributed by atoms with Crippen LogP contribution in [-0.2, 0) is 0 Å². The van der Waals surface area contributed by atoms with Gasteiger partial charge in [-0.15, -0.1) is 0 Å². The molecule has 2 heterocycles. The highest BCUT2D eigenvalue weighted by Gasteiger charge is 2.26. The van der Waals surface area contributed by atoms with Crippen molar-refractivity contribution in [2.45, 2.75) is 12.5 Å². The van der Waals surface area contributed by atoms with E-state index in [2.05, 4.69) is 44.5 Å². The van der Waals surface area contributed by atoms with Crippen molar-refractivity contribution in [3.63, 3.8) is 0 Å². The molecule has 0 bridgehead atoms. The van der Waals surface area contributed by atoms with Gasteiger partial charge in [-0.1, -0.05) is 40.2 Å². The van der Waals surface area contributed by atoms with E-state index in [1.165, 1.54) is 12.3 Å². The quantitative estimate of drug-likeness (QED) is 0.827. The molecular formula is C17H16BrClN2O2. The Kier molecular flexibility index (Phi) is 4.78. The van der Waals surface area contributed by atoms with E-state index in [0.717, 1.165) is 35.2 Å². The lowest BCUT2D eigenvalue weighted by Crippen LogP contribution is -2.25. The van der Waals surface area contributed by atoms with Crippen LogP contribution in [0.2, 0.25) is 5.02 Å². The molecule has 1 saturated heterocycles. The third-order valence-corrected chi connectivity index (χ3v) is 4.53. The molecule has 1 atom stereocenters. The van der Waals surface area contributed by atoms with Crippen LogP contribution in [-0.4, -0.2) is 29.3 Å². The summed E-state index contributed by atoms with van der Waals surface area (Å²) in [5, 5.41) is 9.66. The van der Waals surface area contributed by atoms with Crippen LogP contribution in [0.1, 0.15) is 12.0 Å². The molecule has 0 radical (unpaired) electrons. The van der Waals surface area contributed by atoms with Gasteiger partial charge in [0, 0.05) is 29.2 Å². The molecule has 6 heteroatoms. The van der Waals surface area contributed by atoms with Gasteiger partial charge in [-0.25, -0.2) is 4.98 Å². The number of halogens is 2. The van der Waals surface area contributed by atoms with Gasteiger partial charge >= 0.3 is 0 Å². The van der Waals surface area contributed by atoms with Crippen LogP contribution >= 0.6 is 27.5 Å². The Balaban J connectivity index is 1.72. The van der Waals surface area contributed by atoms with Gasteiger partial charge in [0.2, 0.25) is 5.88 Å². The molecule has 120 valence electrons. The predicted molar refractivity (Wildman–Crippen MR) is 96.4 cm³/mol. The standard InChI is InChI=1S/C17H16BrClN2O2/c1-2-11-7-12(18)3-4-16(11)21-6-5-14(10-21)23-17-15(19)8-13(22)9-20-17/h2-4,7-9,14,22H,1,5-6,10H2. The van der Waals surface area contributed by atoms with Crippen LogP contribution in [0.5, 0.6) is 11.6 Å². The fraction of sp³-hybridized carbons (Fsp3) is 0.235. The molecule has 1 unspecified atom stereocenters. The van der Waals surface area contributed by atoms with Gasteiger partial charge in [0.05, 0.1) is 12.7 Å². The largest absolute Gasteiger partial charge is 0.506 e. The number of ether oxygens (including phenoxy) is 1. The van der Waals surface area contributed by atoms with Gasteiger partial charge in [0.15, 0.2) is 0 Å². The Hall–Kier alpha value is -1.72. The Morgan fingerprint density at radius 2 is 2.26 bits per heavy atom. The summed E-state index contributed by atoms with van der Waals surface area (Å²) in [6, 6.07) is 7.58. The summed E-state index contributed by atoms with van der Waals surface area (Å²) in [4.78, 5) is 6.31. The molecule has 3 rings (SSSR count). The van der Waals surface area contributed by atoms with Crippen molar-refractivity contribution >= 4 is 39.3 Å². The molecule has 1 aliphatic rings. The maximum Gasteiger partial charge on any atom is 0.233 e. The summed E-state index contributed by atoms with van der Waals surface area (Å²) < 4.78 is 6.91. The molecule has 1 aromatic heterocycles. The van der Waals surface area contributed by atoms with Crippen LogP contribution in [0.25, 0.3) is 6.08 Å². The number of hydrogen-bond acceptors (Lipinski definition) is 4. The van der Waals surface area contributed by atoms with Crippen LogP contribution in [0.3, 0.4) is 0 Å². The zero-order valence-corrected chi connectivity index (χ0v) is 14.7. The van der Waals surface area contributed by atoms with Gasteiger partial charge < -0.3 is 14.7 Å². The fourth-order valence-corrected chi connectivity index (χ4v) is 3.26. The van der Waals surface area contributed by atoms with E-state index in [0.29, 0.717) is 10.9 Å². The number of benzene rings is 1. The number of pyridine rings is 1. The first kappa shape index (κ1) is 16.1. The lowest BCUT2D eigenvalue weighted by Gasteiger charge is -2.21. The number of nitrogens with zero attached hydrogens (tertiary/aromatic N) is 2. The third kappa shape index (κ3) is 3.62. The Morgan fingerprint density at radius 1 is 1.43 bits per heavy atom. The topological polar surface area (TPSA) is 45.6 Å². The molecule has 4 nitrogen and oxygen atoms in total. The van der Waals surface area contributed by atoms with Gasteiger partial charge in [-0.2, -0.15) is 0 Å². The van der Waals surface area contributed by atoms with Crippen LogP contribution < -0.4 is 9.64 Å². The van der Waals surface area contributed by atoms with E-state index >= 15 is 0 Å². The Bertz CT molecular complexity index is 739. The minimum absolute atomic E-state index is 0.00542. The highest BCUT2D eigenvalue weighted by molar-refractivity contribution is 9.10. The molecule has 1 fully saturated rings. The van der Waals surface area contributed by atoms with Crippen LogP contribution in [0.15, 0.2) is 41.5 Å². The Labute approximate surface area is 148 Å². The smallest absolute Gasteiger partial charge is 0.233 e. The lowest BCUT2D eigenvalue weighted by atomic mass is 10.1. The van der Waals surface area contributed by atoms with Crippen molar-refractivity contribution in [1.29, 1.82) is 0 Å². The first-order valence-corrected chi connectivity index (χ1v) is 8.42. The normalized spacial score (nSPS) is 17.3. The van der Waals surface area contributed by atoms with E-state index in [4.69, 9.17) is 16.3 Å². The maximum atomic E-state index is 9.35. The van der Waals surface area contributed by atoms with Gasteiger partial charge in [-0.3, -0.25) is 0 Å². The number of aromatic hydroxyl groups is 1. The fourth-order valence-electron chi connectivity index (χ4n) is 2.68. The zero-order valence-electron chi connectivity index (χ0n) is 12.4. The van der Waals surface area contributed by atoms with E-state index in [1.807, 2.05) is 12.1 Å². The summed E-state index contributed by atoms with van der Waals surface area (Å²) in [5.74, 6) is 0.386. The SMILES string of the molecule is C=Cc1cc(Br)ccc1N1CCC(Oc2ncc(O)cc2Cl)C1. The summed E-state index contributed by atoms with van der Waals surface area (Å²) >= 11 is 9.53. The van der Waals surface area contributed by atoms with Crippen LogP contribution in [0.4, 0.5) is 5.69 Å². The van der Waals surface area contributed by atoms with E-state index in [9.17, 15) is 5.11 Å². The van der Waals surface area contributed by atoms with Crippen molar-refractivity contribution < 1.29 is 9.84 Å². The zero-order chi connectivity index (χ0) is 16.4. The second kappa shape index (κ2) is 6.81.